The number of ketones is 1. The Labute approximate surface area is 401 Å². The highest BCUT2D eigenvalue weighted by molar-refractivity contribution is 5.92. The largest absolute Gasteiger partial charge is 0.469 e. The lowest BCUT2D eigenvalue weighted by molar-refractivity contribution is -0.276. The molecule has 372 valence electrons. The highest BCUT2D eigenvalue weighted by atomic mass is 16.7. The number of Topliss-reactive ketones (excluding diaryl/α,β-unsaturated/α-hetero) is 1. The first-order chi connectivity index (χ1) is 32.7. The number of aliphatic hydroxyl groups is 3. The molecule has 0 unspecified atom stereocenters. The number of nitrogens with one attached hydrogen (secondary N) is 2. The predicted octanol–water partition coefficient (Wildman–Crippen LogP) is 6.39. The van der Waals surface area contributed by atoms with Crippen LogP contribution in [0.2, 0.25) is 0 Å². The Morgan fingerprint density at radius 1 is 0.941 bits per heavy atom. The van der Waals surface area contributed by atoms with Gasteiger partial charge in [0.05, 0.1) is 43.0 Å². The molecule has 5 N–H and O–H groups in total. The fourth-order valence-electron chi connectivity index (χ4n) is 17.4. The summed E-state index contributed by atoms with van der Waals surface area (Å²) in [6, 6.07) is 12.9. The van der Waals surface area contributed by atoms with Gasteiger partial charge in [-0.25, -0.2) is 4.79 Å². The zero-order valence-electron chi connectivity index (χ0n) is 40.7. The first kappa shape index (κ1) is 47.2. The van der Waals surface area contributed by atoms with Crippen molar-refractivity contribution in [2.24, 2.45) is 63.6 Å². The Morgan fingerprint density at radius 2 is 1.74 bits per heavy atom. The van der Waals surface area contributed by atoms with Crippen molar-refractivity contribution in [3.8, 4) is 0 Å². The standard InChI is InChI=1S/C55H76N2O11/c1-31(2)17-21-52(4)46-45(61)47(62)54(36-12-8-11-33(24-36)23-32-9-6-5-7-10-32)42(53(46)29-65-44(60)26-43(53)67-52)18-20-51(3)48(66-50(63)49-55(51,54)68-49)37-19-22-64-41(37)25-38(40(59)28-58)34-13-15-35(16-14-34)39-27-56-30-57-39/h5-7,9-10,19,22,31,33-36,38-40,42-43,46-49,56-59,62H,8,11-18,20-21,23-30H2,1-4H3/t33-,34?,35?,36+,38+,39+,40-,42-,43+,46-,47-,48+,49-,51+,52+,53+,54+,55-/m1/s1. The topological polar surface area (TPSA) is 189 Å². The van der Waals surface area contributed by atoms with Gasteiger partial charge in [0.25, 0.3) is 0 Å². The Balaban J connectivity index is 1.00. The van der Waals surface area contributed by atoms with Crippen LogP contribution in [-0.4, -0.2) is 101 Å². The summed E-state index contributed by atoms with van der Waals surface area (Å²) in [4.78, 5) is 44.3. The molecule has 9 fully saturated rings. The number of fused-ring (bicyclic) bond motifs is 1. The van der Waals surface area contributed by atoms with Gasteiger partial charge < -0.3 is 49.3 Å². The van der Waals surface area contributed by atoms with Gasteiger partial charge in [0.1, 0.15) is 30.2 Å². The number of benzene rings is 1. The second-order valence-electron chi connectivity index (χ2n) is 24.0. The van der Waals surface area contributed by atoms with Crippen LogP contribution < -0.4 is 10.6 Å². The van der Waals surface area contributed by atoms with E-state index >= 15 is 4.79 Å². The number of epoxide rings is 1. The van der Waals surface area contributed by atoms with Gasteiger partial charge in [-0.3, -0.25) is 9.59 Å². The average molecular weight is 941 g/mol. The molecule has 5 saturated heterocycles. The lowest BCUT2D eigenvalue weighted by Crippen LogP contribution is -2.79. The van der Waals surface area contributed by atoms with Gasteiger partial charge in [-0.15, -0.1) is 0 Å². The van der Waals surface area contributed by atoms with E-state index in [1.54, 1.807) is 6.26 Å². The first-order valence-corrected chi connectivity index (χ1v) is 26.5. The second-order valence-corrected chi connectivity index (χ2v) is 24.0. The number of carbonyl (C=O) groups is 3. The van der Waals surface area contributed by atoms with Crippen molar-refractivity contribution in [2.75, 3.05) is 26.4 Å². The summed E-state index contributed by atoms with van der Waals surface area (Å²) < 4.78 is 33.5. The van der Waals surface area contributed by atoms with Gasteiger partial charge in [-0.2, -0.15) is 0 Å². The van der Waals surface area contributed by atoms with Crippen LogP contribution in [0.15, 0.2) is 47.1 Å². The molecule has 13 nitrogen and oxygen atoms in total. The molecule has 0 radical (unpaired) electrons. The van der Waals surface area contributed by atoms with Crippen molar-refractivity contribution >= 4 is 17.7 Å². The minimum absolute atomic E-state index is 0.0191. The third-order valence-corrected chi connectivity index (χ3v) is 20.4. The molecule has 4 aliphatic carbocycles. The van der Waals surface area contributed by atoms with Crippen molar-refractivity contribution in [1.29, 1.82) is 0 Å². The molecule has 5 aliphatic heterocycles. The molecule has 0 bridgehead atoms. The van der Waals surface area contributed by atoms with E-state index in [0.717, 1.165) is 77.4 Å². The molecule has 2 aromatic rings. The fourth-order valence-corrected chi connectivity index (χ4v) is 17.4. The van der Waals surface area contributed by atoms with Gasteiger partial charge in [-0.1, -0.05) is 63.9 Å². The molecule has 1 aromatic carbocycles. The van der Waals surface area contributed by atoms with Gasteiger partial charge in [0.15, 0.2) is 11.9 Å². The number of rotatable bonds is 13. The van der Waals surface area contributed by atoms with Crippen LogP contribution in [0, 0.1) is 63.6 Å². The van der Waals surface area contributed by atoms with Crippen LogP contribution in [0.25, 0.3) is 0 Å². The van der Waals surface area contributed by atoms with Crippen LogP contribution in [0.4, 0.5) is 0 Å². The number of furan rings is 1. The summed E-state index contributed by atoms with van der Waals surface area (Å²) in [7, 11) is 0. The van der Waals surface area contributed by atoms with E-state index < -0.39 is 69.9 Å². The van der Waals surface area contributed by atoms with E-state index in [0.29, 0.717) is 54.9 Å². The molecule has 68 heavy (non-hydrogen) atoms. The quantitative estimate of drug-likeness (QED) is 0.110. The number of cyclic esters (lactones) is 2. The molecule has 1 aromatic heterocycles. The molecule has 0 amide bonds. The smallest absolute Gasteiger partial charge is 0.339 e. The third-order valence-electron chi connectivity index (χ3n) is 20.4. The SMILES string of the molecule is CC(C)CC[C@]1(C)O[C@H]2CC(=O)OC[C@]23[C@H]2CC[C@@]4(C)[C@H](c5ccoc5C[C@@H](C5CCC([C@@H]6CNCN6)CC5)[C@H](O)CO)OC(=O)[C@H]5O[C@]54[C@]2([C@H]2CCC[C@H](Cc4ccccc4)C2)[C@H](O)C(=O)[C@@H]31. The maximum atomic E-state index is 16.0. The van der Waals surface area contributed by atoms with E-state index in [4.69, 9.17) is 23.4 Å². The molecule has 2 spiro atoms. The molecule has 6 heterocycles. The summed E-state index contributed by atoms with van der Waals surface area (Å²) in [6.45, 7) is 9.92. The zero-order valence-corrected chi connectivity index (χ0v) is 40.7. The molecule has 13 heteroatoms. The van der Waals surface area contributed by atoms with Crippen LogP contribution in [0.3, 0.4) is 0 Å². The number of aliphatic hydroxyl groups excluding tert-OH is 3. The molecular weight excluding hydrogens is 865 g/mol. The number of hydrogen-bond acceptors (Lipinski definition) is 13. The minimum atomic E-state index is -1.48. The minimum Gasteiger partial charge on any atom is -0.469 e. The van der Waals surface area contributed by atoms with Gasteiger partial charge in [0, 0.05) is 47.5 Å². The Morgan fingerprint density at radius 3 is 2.47 bits per heavy atom. The van der Waals surface area contributed by atoms with Crippen LogP contribution in [0.5, 0.6) is 0 Å². The summed E-state index contributed by atoms with van der Waals surface area (Å²) >= 11 is 0. The van der Waals surface area contributed by atoms with Crippen LogP contribution in [-0.2, 0) is 46.2 Å². The average Bonchev–Trinajstić information content (AvgIpc) is 3.59. The summed E-state index contributed by atoms with van der Waals surface area (Å²) in [5.41, 5.74) is -3.40. The number of ether oxygens (including phenoxy) is 4. The normalized spacial score (nSPS) is 45.0. The Bertz CT molecular complexity index is 2200. The molecule has 4 saturated carbocycles. The van der Waals surface area contributed by atoms with Gasteiger partial charge in [-0.05, 0) is 131 Å². The molecule has 11 rings (SSSR count). The van der Waals surface area contributed by atoms with Crippen LogP contribution in [0.1, 0.15) is 134 Å². The van der Waals surface area contributed by atoms with Crippen molar-refractivity contribution < 1.29 is 53.1 Å². The highest BCUT2D eigenvalue weighted by Crippen LogP contribution is 2.83. The zero-order chi connectivity index (χ0) is 47.4. The number of hydrogen-bond donors (Lipinski definition) is 5. The summed E-state index contributed by atoms with van der Waals surface area (Å²) in [5, 5.41) is 42.7. The number of esters is 2. The van der Waals surface area contributed by atoms with Crippen molar-refractivity contribution in [2.45, 2.75) is 172 Å². The lowest BCUT2D eigenvalue weighted by Gasteiger charge is -2.70. The summed E-state index contributed by atoms with van der Waals surface area (Å²) in [6.07, 6.45) is 7.86. The maximum Gasteiger partial charge on any atom is 0.339 e. The van der Waals surface area contributed by atoms with E-state index in [9.17, 15) is 24.9 Å². The highest BCUT2D eigenvalue weighted by Gasteiger charge is 2.93. The predicted molar refractivity (Wildman–Crippen MR) is 249 cm³/mol. The first-order valence-electron chi connectivity index (χ1n) is 26.5. The maximum absolute atomic E-state index is 16.0. The summed E-state index contributed by atoms with van der Waals surface area (Å²) in [5.74, 6) is -0.782. The third kappa shape index (κ3) is 6.96. The molecular formula is C55H76N2O11. The van der Waals surface area contributed by atoms with Crippen molar-refractivity contribution in [3.05, 3.63) is 59.5 Å². The van der Waals surface area contributed by atoms with E-state index in [1.165, 1.54) is 5.56 Å². The monoisotopic (exact) mass is 941 g/mol. The number of carbonyl (C=O) groups excluding carboxylic acids is 3. The molecule has 16 atom stereocenters. The van der Waals surface area contributed by atoms with Crippen molar-refractivity contribution in [3.63, 3.8) is 0 Å². The van der Waals surface area contributed by atoms with Gasteiger partial charge in [0.2, 0.25) is 0 Å². The lowest BCUT2D eigenvalue weighted by atomic mass is 9.32. The molecule has 9 aliphatic rings. The van der Waals surface area contributed by atoms with E-state index in [-0.39, 0.29) is 61.0 Å². The van der Waals surface area contributed by atoms with Gasteiger partial charge >= 0.3 is 11.9 Å². The van der Waals surface area contributed by atoms with Crippen LogP contribution >= 0.6 is 0 Å². The Kier molecular flexibility index (Phi) is 12.2. The second kappa shape index (κ2) is 17.5. The van der Waals surface area contributed by atoms with E-state index in [1.807, 2.05) is 19.1 Å². The van der Waals surface area contributed by atoms with Crippen molar-refractivity contribution in [1.82, 2.24) is 10.6 Å². The Hall–Kier alpha value is -3.17. The van der Waals surface area contributed by atoms with E-state index in [2.05, 4.69) is 55.7 Å². The fraction of sp³-hybridized carbons (Fsp3) is 0.764.